The first-order valence-electron chi connectivity index (χ1n) is 6.74. The Kier molecular flexibility index (Phi) is 3.71. The molecule has 0 bridgehead atoms. The monoisotopic (exact) mass is 324 g/mol. The first kappa shape index (κ1) is 14.7. The summed E-state index contributed by atoms with van der Waals surface area (Å²) in [4.78, 5) is 23.2. The fourth-order valence-electron chi connectivity index (χ4n) is 2.38. The van der Waals surface area contributed by atoms with E-state index in [1.807, 2.05) is 0 Å². The molecule has 1 saturated heterocycles. The normalized spacial score (nSPS) is 19.4. The van der Waals surface area contributed by atoms with Gasteiger partial charge in [-0.05, 0) is 12.5 Å². The summed E-state index contributed by atoms with van der Waals surface area (Å²) < 4.78 is 24.2. The van der Waals surface area contributed by atoms with Crippen LogP contribution < -0.4 is 10.6 Å². The third-order valence-electron chi connectivity index (χ3n) is 3.46. The number of urea groups is 1. The highest BCUT2D eigenvalue weighted by molar-refractivity contribution is 7.88. The Morgan fingerprint density at radius 3 is 3.05 bits per heavy atom. The number of carbonyl (C=O) groups excluding carboxylic acids is 1. The number of fused-ring (bicyclic) bond motifs is 1. The minimum Gasteiger partial charge on any atom is -0.345 e. The number of aromatic amines is 1. The lowest BCUT2D eigenvalue weighted by Gasteiger charge is -2.14. The van der Waals surface area contributed by atoms with Gasteiger partial charge in [0, 0.05) is 25.3 Å². The Bertz CT molecular complexity index is 802. The van der Waals surface area contributed by atoms with E-state index in [4.69, 9.17) is 0 Å². The van der Waals surface area contributed by atoms with Crippen molar-refractivity contribution in [1.82, 2.24) is 24.6 Å². The zero-order chi connectivity index (χ0) is 15.7. The maximum atomic E-state index is 11.9. The van der Waals surface area contributed by atoms with Gasteiger partial charge in [0.25, 0.3) is 0 Å². The van der Waals surface area contributed by atoms with Gasteiger partial charge in [0.2, 0.25) is 10.0 Å². The minimum atomic E-state index is -3.21. The predicted octanol–water partition coefficient (Wildman–Crippen LogP) is 0.113. The molecule has 2 aromatic rings. The lowest BCUT2D eigenvalue weighted by Crippen LogP contribution is -2.40. The highest BCUT2D eigenvalue weighted by Crippen LogP contribution is 2.13. The van der Waals surface area contributed by atoms with E-state index in [1.165, 1.54) is 10.5 Å². The fraction of sp³-hybridized carbons (Fsp3) is 0.417. The number of hydrogen-bond acceptors (Lipinski definition) is 5. The number of rotatable bonds is 3. The summed E-state index contributed by atoms with van der Waals surface area (Å²) in [5.41, 5.74) is 1.30. The molecule has 9 nitrogen and oxygen atoms in total. The van der Waals surface area contributed by atoms with Gasteiger partial charge in [-0.1, -0.05) is 0 Å². The molecule has 3 rings (SSSR count). The van der Waals surface area contributed by atoms with Gasteiger partial charge in [-0.3, -0.25) is 5.32 Å². The molecule has 1 unspecified atom stereocenters. The predicted molar refractivity (Wildman–Crippen MR) is 80.9 cm³/mol. The van der Waals surface area contributed by atoms with Crippen molar-refractivity contribution < 1.29 is 13.2 Å². The molecule has 0 aliphatic carbocycles. The highest BCUT2D eigenvalue weighted by atomic mass is 32.2. The first-order valence-corrected chi connectivity index (χ1v) is 8.59. The van der Waals surface area contributed by atoms with E-state index in [1.54, 1.807) is 12.3 Å². The summed E-state index contributed by atoms with van der Waals surface area (Å²) in [6.07, 6.45) is 4.92. The molecule has 22 heavy (non-hydrogen) atoms. The van der Waals surface area contributed by atoms with Gasteiger partial charge in [0.15, 0.2) is 11.5 Å². The molecule has 3 N–H and O–H groups in total. The molecule has 0 spiro atoms. The van der Waals surface area contributed by atoms with Crippen LogP contribution in [0.3, 0.4) is 0 Å². The molecule has 2 aromatic heterocycles. The van der Waals surface area contributed by atoms with E-state index < -0.39 is 16.1 Å². The van der Waals surface area contributed by atoms with Gasteiger partial charge in [-0.15, -0.1) is 0 Å². The number of aromatic nitrogens is 3. The van der Waals surface area contributed by atoms with Crippen molar-refractivity contribution in [2.75, 3.05) is 24.7 Å². The summed E-state index contributed by atoms with van der Waals surface area (Å²) in [5, 5.41) is 5.34. The van der Waals surface area contributed by atoms with Crippen molar-refractivity contribution in [1.29, 1.82) is 0 Å². The van der Waals surface area contributed by atoms with Gasteiger partial charge in [0.1, 0.15) is 5.52 Å². The second-order valence-corrected chi connectivity index (χ2v) is 7.15. The summed E-state index contributed by atoms with van der Waals surface area (Å²) in [7, 11) is -3.21. The maximum absolute atomic E-state index is 11.9. The lowest BCUT2D eigenvalue weighted by molar-refractivity contribution is 0.248. The number of anilines is 1. The van der Waals surface area contributed by atoms with Crippen LogP contribution in [0.25, 0.3) is 11.2 Å². The van der Waals surface area contributed by atoms with Crippen LogP contribution >= 0.6 is 0 Å². The Morgan fingerprint density at radius 1 is 1.50 bits per heavy atom. The number of amides is 2. The van der Waals surface area contributed by atoms with Crippen molar-refractivity contribution in [3.05, 3.63) is 18.5 Å². The molecule has 1 aliphatic heterocycles. The largest absolute Gasteiger partial charge is 0.345 e. The topological polar surface area (TPSA) is 120 Å². The zero-order valence-electron chi connectivity index (χ0n) is 11.9. The minimum absolute atomic E-state index is 0.210. The van der Waals surface area contributed by atoms with Crippen molar-refractivity contribution in [3.8, 4) is 0 Å². The summed E-state index contributed by atoms with van der Waals surface area (Å²) in [6.45, 7) is 0.702. The smallest absolute Gasteiger partial charge is 0.320 e. The number of sulfonamides is 1. The van der Waals surface area contributed by atoms with Crippen LogP contribution in [-0.2, 0) is 10.0 Å². The van der Waals surface area contributed by atoms with Crippen molar-refractivity contribution in [2.45, 2.75) is 12.5 Å². The number of carbonyl (C=O) groups is 1. The van der Waals surface area contributed by atoms with E-state index in [2.05, 4.69) is 25.6 Å². The average molecular weight is 324 g/mol. The molecule has 3 heterocycles. The number of nitrogens with one attached hydrogen (secondary N) is 3. The molecule has 2 amide bonds. The molecule has 10 heteroatoms. The van der Waals surface area contributed by atoms with E-state index >= 15 is 0 Å². The highest BCUT2D eigenvalue weighted by Gasteiger charge is 2.29. The van der Waals surface area contributed by atoms with Crippen LogP contribution in [0.2, 0.25) is 0 Å². The Balaban J connectivity index is 1.59. The molecule has 118 valence electrons. The summed E-state index contributed by atoms with van der Waals surface area (Å²) >= 11 is 0. The van der Waals surface area contributed by atoms with Crippen LogP contribution in [0.15, 0.2) is 18.5 Å². The second-order valence-electron chi connectivity index (χ2n) is 5.17. The Morgan fingerprint density at radius 2 is 2.32 bits per heavy atom. The second kappa shape index (κ2) is 5.54. The standard InChI is InChI=1S/C12H16N6O3S/c1-22(20,21)18-5-3-8(7-18)15-12(19)17-10-6-14-11-9(16-10)2-4-13-11/h2,4,6,8H,3,5,7H2,1H3,(H,13,14)(H2,15,16,17,19). The van der Waals surface area contributed by atoms with Crippen LogP contribution in [0.1, 0.15) is 6.42 Å². The first-order chi connectivity index (χ1) is 10.4. The fourth-order valence-corrected chi connectivity index (χ4v) is 3.26. The molecular formula is C12H16N6O3S. The number of nitrogens with zero attached hydrogens (tertiary/aromatic N) is 3. The van der Waals surface area contributed by atoms with Gasteiger partial charge in [0.05, 0.1) is 12.5 Å². The van der Waals surface area contributed by atoms with Crippen molar-refractivity contribution in [2.24, 2.45) is 0 Å². The van der Waals surface area contributed by atoms with Crippen molar-refractivity contribution >= 4 is 33.0 Å². The van der Waals surface area contributed by atoms with E-state index in [9.17, 15) is 13.2 Å². The molecule has 1 atom stereocenters. The molecule has 0 aromatic carbocycles. The van der Waals surface area contributed by atoms with Gasteiger partial charge >= 0.3 is 6.03 Å². The summed E-state index contributed by atoms with van der Waals surface area (Å²) in [6, 6.07) is 1.12. The van der Waals surface area contributed by atoms with Crippen LogP contribution in [0.4, 0.5) is 10.6 Å². The number of hydrogen-bond donors (Lipinski definition) is 3. The van der Waals surface area contributed by atoms with Crippen molar-refractivity contribution in [3.63, 3.8) is 0 Å². The van der Waals surface area contributed by atoms with E-state index in [0.717, 1.165) is 6.26 Å². The molecule has 1 aliphatic rings. The molecule has 0 saturated carbocycles. The van der Waals surface area contributed by atoms with Gasteiger partial charge < -0.3 is 10.3 Å². The van der Waals surface area contributed by atoms with Crippen LogP contribution in [0.5, 0.6) is 0 Å². The number of H-pyrrole nitrogens is 1. The summed E-state index contributed by atoms with van der Waals surface area (Å²) in [5.74, 6) is 0.336. The third-order valence-corrected chi connectivity index (χ3v) is 4.73. The SMILES string of the molecule is CS(=O)(=O)N1CCC(NC(=O)Nc2cnc3[nH]ccc3n2)C1. The lowest BCUT2D eigenvalue weighted by atomic mass is 10.3. The van der Waals surface area contributed by atoms with Crippen LogP contribution in [0, 0.1) is 0 Å². The quantitative estimate of drug-likeness (QED) is 0.740. The van der Waals surface area contributed by atoms with E-state index in [-0.39, 0.29) is 12.6 Å². The molecular weight excluding hydrogens is 308 g/mol. The Labute approximate surface area is 127 Å². The Hall–Kier alpha value is -2.20. The van der Waals surface area contributed by atoms with Crippen LogP contribution in [-0.4, -0.2) is 59.1 Å². The molecule has 0 radical (unpaired) electrons. The third kappa shape index (κ3) is 3.17. The van der Waals surface area contributed by atoms with Gasteiger partial charge in [-0.2, -0.15) is 0 Å². The average Bonchev–Trinajstić information content (AvgIpc) is 3.05. The zero-order valence-corrected chi connectivity index (χ0v) is 12.7. The molecule has 1 fully saturated rings. The van der Waals surface area contributed by atoms with E-state index in [0.29, 0.717) is 29.9 Å². The van der Waals surface area contributed by atoms with Gasteiger partial charge in [-0.25, -0.2) is 27.5 Å². The maximum Gasteiger partial charge on any atom is 0.320 e.